The first kappa shape index (κ1) is 20.7. The second kappa shape index (κ2) is 9.47. The molecule has 0 unspecified atom stereocenters. The number of amides is 2. The van der Waals surface area contributed by atoms with Crippen molar-refractivity contribution in [1.82, 2.24) is 10.3 Å². The molecule has 3 aromatic rings. The van der Waals surface area contributed by atoms with Gasteiger partial charge in [0.2, 0.25) is 5.91 Å². The van der Waals surface area contributed by atoms with Gasteiger partial charge in [-0.05, 0) is 43.0 Å². The highest BCUT2D eigenvalue weighted by Crippen LogP contribution is 2.33. The summed E-state index contributed by atoms with van der Waals surface area (Å²) < 4.78 is 0. The molecule has 2 amide bonds. The van der Waals surface area contributed by atoms with Crippen LogP contribution >= 0.6 is 11.3 Å². The third-order valence-corrected chi connectivity index (χ3v) is 6.07. The van der Waals surface area contributed by atoms with E-state index >= 15 is 0 Å². The summed E-state index contributed by atoms with van der Waals surface area (Å²) in [4.78, 5) is 30.9. The average Bonchev–Trinajstić information content (AvgIpc) is 3.01. The van der Waals surface area contributed by atoms with E-state index in [2.05, 4.69) is 15.6 Å². The maximum Gasteiger partial charge on any atom is 0.254 e. The number of nitrogens with one attached hydrogen (secondary N) is 2. The van der Waals surface area contributed by atoms with Gasteiger partial charge in [0.1, 0.15) is 5.00 Å². The first-order valence-electron chi connectivity index (χ1n) is 9.64. The molecule has 1 atom stereocenters. The van der Waals surface area contributed by atoms with Crippen LogP contribution in [0.15, 0.2) is 54.9 Å². The number of aryl methyl sites for hydroxylation is 1. The van der Waals surface area contributed by atoms with Gasteiger partial charge in [0.25, 0.3) is 5.91 Å². The second-order valence-corrected chi connectivity index (χ2v) is 8.12. The number of thiophene rings is 1. The van der Waals surface area contributed by atoms with E-state index in [4.69, 9.17) is 0 Å². The van der Waals surface area contributed by atoms with E-state index in [-0.39, 0.29) is 17.7 Å². The number of hydrogen-bond donors (Lipinski definition) is 2. The van der Waals surface area contributed by atoms with Crippen molar-refractivity contribution in [3.05, 3.63) is 82.0 Å². The molecule has 0 aliphatic heterocycles. The normalized spacial score (nSPS) is 11.7. The molecule has 0 aliphatic carbocycles. The van der Waals surface area contributed by atoms with Crippen molar-refractivity contribution < 1.29 is 9.59 Å². The molecule has 0 spiro atoms. The largest absolute Gasteiger partial charge is 0.348 e. The van der Waals surface area contributed by atoms with Gasteiger partial charge in [-0.25, -0.2) is 0 Å². The minimum atomic E-state index is -0.259. The summed E-state index contributed by atoms with van der Waals surface area (Å²) in [6.07, 6.45) is 4.10. The Hall–Kier alpha value is -2.99. The quantitative estimate of drug-likeness (QED) is 0.590. The topological polar surface area (TPSA) is 71.1 Å². The molecule has 0 saturated carbocycles. The van der Waals surface area contributed by atoms with Crippen LogP contribution in [0, 0.1) is 13.8 Å². The Bertz CT molecular complexity index is 984. The summed E-state index contributed by atoms with van der Waals surface area (Å²) in [6, 6.07) is 13.5. The van der Waals surface area contributed by atoms with Crippen molar-refractivity contribution >= 4 is 28.2 Å². The fourth-order valence-electron chi connectivity index (χ4n) is 3.22. The van der Waals surface area contributed by atoms with Crippen LogP contribution in [-0.4, -0.2) is 16.8 Å². The van der Waals surface area contributed by atoms with Crippen molar-refractivity contribution in [2.45, 2.75) is 39.7 Å². The van der Waals surface area contributed by atoms with Gasteiger partial charge in [-0.15, -0.1) is 11.3 Å². The van der Waals surface area contributed by atoms with Crippen LogP contribution in [0.4, 0.5) is 5.00 Å². The number of carbonyl (C=O) groups is 2. The smallest absolute Gasteiger partial charge is 0.254 e. The molecule has 3 rings (SSSR count). The van der Waals surface area contributed by atoms with Crippen LogP contribution in [0.2, 0.25) is 0 Å². The zero-order valence-electron chi connectivity index (χ0n) is 16.9. The van der Waals surface area contributed by atoms with Gasteiger partial charge in [-0.1, -0.05) is 43.3 Å². The lowest BCUT2D eigenvalue weighted by molar-refractivity contribution is -0.117. The molecule has 2 N–H and O–H groups in total. The first-order valence-corrected chi connectivity index (χ1v) is 10.5. The molecule has 5 nitrogen and oxygen atoms in total. The van der Waals surface area contributed by atoms with E-state index in [0.29, 0.717) is 23.5 Å². The molecule has 0 radical (unpaired) electrons. The van der Waals surface area contributed by atoms with Gasteiger partial charge in [-0.2, -0.15) is 0 Å². The predicted molar refractivity (Wildman–Crippen MR) is 117 cm³/mol. The van der Waals surface area contributed by atoms with Gasteiger partial charge in [0, 0.05) is 23.8 Å². The highest BCUT2D eigenvalue weighted by atomic mass is 32.1. The van der Waals surface area contributed by atoms with E-state index in [1.807, 2.05) is 63.2 Å². The molecular weight excluding hydrogens is 382 g/mol. The lowest BCUT2D eigenvalue weighted by Gasteiger charge is -2.15. The monoisotopic (exact) mass is 407 g/mol. The number of pyridine rings is 1. The lowest BCUT2D eigenvalue weighted by atomic mass is 9.95. The third-order valence-electron chi connectivity index (χ3n) is 4.95. The highest BCUT2D eigenvalue weighted by molar-refractivity contribution is 7.16. The number of carbonyl (C=O) groups excluding carboxylic acids is 2. The Labute approximate surface area is 175 Å². The van der Waals surface area contributed by atoms with Crippen molar-refractivity contribution in [1.29, 1.82) is 0 Å². The van der Waals surface area contributed by atoms with E-state index < -0.39 is 0 Å². The number of benzene rings is 1. The molecule has 0 bridgehead atoms. The average molecular weight is 408 g/mol. The van der Waals surface area contributed by atoms with Gasteiger partial charge in [0.15, 0.2) is 0 Å². The Morgan fingerprint density at radius 2 is 1.86 bits per heavy atom. The minimum Gasteiger partial charge on any atom is -0.348 e. The second-order valence-electron chi connectivity index (χ2n) is 6.89. The van der Waals surface area contributed by atoms with Crippen molar-refractivity contribution in [2.75, 3.05) is 5.32 Å². The number of anilines is 1. The van der Waals surface area contributed by atoms with Crippen molar-refractivity contribution in [3.8, 4) is 0 Å². The summed E-state index contributed by atoms with van der Waals surface area (Å²) in [5.74, 6) is -0.551. The summed E-state index contributed by atoms with van der Waals surface area (Å²) in [7, 11) is 0. The number of nitrogens with zero attached hydrogens (tertiary/aromatic N) is 1. The van der Waals surface area contributed by atoms with Crippen molar-refractivity contribution in [3.63, 3.8) is 0 Å². The fourth-order valence-corrected chi connectivity index (χ4v) is 4.28. The highest BCUT2D eigenvalue weighted by Gasteiger charge is 2.24. The van der Waals surface area contributed by atoms with Gasteiger partial charge in [-0.3, -0.25) is 14.6 Å². The molecular formula is C23H25N3O2S. The van der Waals surface area contributed by atoms with Crippen LogP contribution in [0.25, 0.3) is 0 Å². The number of aromatic nitrogens is 1. The molecule has 0 fully saturated rings. The Morgan fingerprint density at radius 1 is 1.10 bits per heavy atom. The fraction of sp³-hybridized carbons (Fsp3) is 0.261. The van der Waals surface area contributed by atoms with E-state index in [0.717, 1.165) is 21.6 Å². The SMILES string of the molecule is CC[C@H](C(=O)Nc1sc(C)c(C)c1C(=O)NCc1cccnc1)c1ccccc1. The van der Waals surface area contributed by atoms with Crippen LogP contribution in [0.5, 0.6) is 0 Å². The van der Waals surface area contributed by atoms with Crippen molar-refractivity contribution in [2.24, 2.45) is 0 Å². The molecule has 1 aromatic carbocycles. The maximum atomic E-state index is 13.0. The van der Waals surface area contributed by atoms with E-state index in [1.165, 1.54) is 11.3 Å². The van der Waals surface area contributed by atoms with Crippen LogP contribution in [0.3, 0.4) is 0 Å². The lowest BCUT2D eigenvalue weighted by Crippen LogP contribution is -2.26. The Morgan fingerprint density at radius 3 is 2.52 bits per heavy atom. The van der Waals surface area contributed by atoms with Gasteiger partial charge < -0.3 is 10.6 Å². The molecule has 2 heterocycles. The van der Waals surface area contributed by atoms with Crippen LogP contribution < -0.4 is 10.6 Å². The van der Waals surface area contributed by atoms with E-state index in [9.17, 15) is 9.59 Å². The maximum absolute atomic E-state index is 13.0. The van der Waals surface area contributed by atoms with E-state index in [1.54, 1.807) is 12.4 Å². The zero-order valence-corrected chi connectivity index (χ0v) is 17.7. The van der Waals surface area contributed by atoms with Gasteiger partial charge >= 0.3 is 0 Å². The predicted octanol–water partition coefficient (Wildman–Crippen LogP) is 4.82. The van der Waals surface area contributed by atoms with Crippen LogP contribution in [0.1, 0.15) is 51.2 Å². The third kappa shape index (κ3) is 4.90. The molecule has 0 aliphatic rings. The number of hydrogen-bond acceptors (Lipinski definition) is 4. The molecule has 150 valence electrons. The summed E-state index contributed by atoms with van der Waals surface area (Å²) in [5, 5.41) is 6.54. The summed E-state index contributed by atoms with van der Waals surface area (Å²) >= 11 is 1.44. The summed E-state index contributed by atoms with van der Waals surface area (Å²) in [6.45, 7) is 6.25. The molecule has 6 heteroatoms. The minimum absolute atomic E-state index is 0.0961. The molecule has 0 saturated heterocycles. The zero-order chi connectivity index (χ0) is 20.8. The molecule has 29 heavy (non-hydrogen) atoms. The Kier molecular flexibility index (Phi) is 6.77. The Balaban J connectivity index is 1.78. The first-order chi connectivity index (χ1) is 14.0. The van der Waals surface area contributed by atoms with Crippen LogP contribution in [-0.2, 0) is 11.3 Å². The summed E-state index contributed by atoms with van der Waals surface area (Å²) in [5.41, 5.74) is 3.32. The van der Waals surface area contributed by atoms with Gasteiger partial charge in [0.05, 0.1) is 11.5 Å². The standard InChI is InChI=1S/C23H25N3O2S/c1-4-19(18-10-6-5-7-11-18)21(27)26-23-20(15(2)16(3)29-23)22(28)25-14-17-9-8-12-24-13-17/h5-13,19H,4,14H2,1-3H3,(H,25,28)(H,26,27)/t19-/m0/s1. The number of rotatable bonds is 7. The molecule has 2 aromatic heterocycles.